The van der Waals surface area contributed by atoms with Crippen LogP contribution in [-0.4, -0.2) is 21.8 Å². The number of nitrogens with zero attached hydrogens (tertiary/aromatic N) is 2. The minimum Gasteiger partial charge on any atom is -0.444 e. The van der Waals surface area contributed by atoms with Crippen molar-refractivity contribution in [3.05, 3.63) is 47.8 Å². The zero-order chi connectivity index (χ0) is 18.3. The van der Waals surface area contributed by atoms with E-state index in [1.807, 2.05) is 31.2 Å². The van der Waals surface area contributed by atoms with E-state index in [1.165, 1.54) is 6.20 Å². The molecule has 136 valence electrons. The summed E-state index contributed by atoms with van der Waals surface area (Å²) in [6.07, 6.45) is 3.48. The van der Waals surface area contributed by atoms with Gasteiger partial charge in [-0.2, -0.15) is 5.10 Å². The second-order valence-corrected chi connectivity index (χ2v) is 6.15. The third kappa shape index (κ3) is 6.91. The SMILES string of the molecule is Cc1ccccc1COC(=O)Nc1cnn(CCCCC(C)(F)F)c1. The summed E-state index contributed by atoms with van der Waals surface area (Å²) in [5.74, 6) is -2.63. The van der Waals surface area contributed by atoms with Crippen LogP contribution >= 0.6 is 0 Å². The summed E-state index contributed by atoms with van der Waals surface area (Å²) >= 11 is 0. The van der Waals surface area contributed by atoms with Crippen molar-refractivity contribution >= 4 is 11.8 Å². The predicted octanol–water partition coefficient (Wildman–Crippen LogP) is 4.77. The molecular weight excluding hydrogens is 328 g/mol. The summed E-state index contributed by atoms with van der Waals surface area (Å²) in [6, 6.07) is 7.67. The average molecular weight is 351 g/mol. The van der Waals surface area contributed by atoms with Crippen LogP contribution in [0.25, 0.3) is 0 Å². The van der Waals surface area contributed by atoms with Crippen LogP contribution in [0.5, 0.6) is 0 Å². The number of halogens is 2. The van der Waals surface area contributed by atoms with E-state index in [9.17, 15) is 13.6 Å². The molecule has 5 nitrogen and oxygen atoms in total. The Kier molecular flexibility index (Phi) is 6.50. The number of aryl methyl sites for hydroxylation is 2. The van der Waals surface area contributed by atoms with E-state index in [4.69, 9.17) is 4.74 Å². The Morgan fingerprint density at radius 1 is 1.32 bits per heavy atom. The Balaban J connectivity index is 1.73. The molecule has 0 unspecified atom stereocenters. The van der Waals surface area contributed by atoms with Gasteiger partial charge in [-0.3, -0.25) is 10.00 Å². The maximum absolute atomic E-state index is 12.7. The number of hydrogen-bond donors (Lipinski definition) is 1. The molecular formula is C18H23F2N3O2. The summed E-state index contributed by atoms with van der Waals surface area (Å²) < 4.78 is 32.3. The Morgan fingerprint density at radius 3 is 2.80 bits per heavy atom. The van der Waals surface area contributed by atoms with Crippen LogP contribution in [0.1, 0.15) is 37.3 Å². The standard InChI is InChI=1S/C18H23F2N3O2/c1-14-7-3-4-8-15(14)13-25-17(24)22-16-11-21-23(12-16)10-6-5-9-18(2,19)20/h3-4,7-8,11-12H,5-6,9-10,13H2,1-2H3,(H,22,24). The lowest BCUT2D eigenvalue weighted by molar-refractivity contribution is 0.0102. The number of carbonyl (C=O) groups excluding carboxylic acids is 1. The van der Waals surface area contributed by atoms with Gasteiger partial charge in [0.15, 0.2) is 0 Å². The van der Waals surface area contributed by atoms with E-state index in [-0.39, 0.29) is 13.0 Å². The Bertz CT molecular complexity index is 696. The van der Waals surface area contributed by atoms with E-state index >= 15 is 0 Å². The summed E-state index contributed by atoms with van der Waals surface area (Å²) in [4.78, 5) is 11.8. The van der Waals surface area contributed by atoms with Crippen molar-refractivity contribution in [3.63, 3.8) is 0 Å². The summed E-state index contributed by atoms with van der Waals surface area (Å²) in [7, 11) is 0. The molecule has 1 N–H and O–H groups in total. The van der Waals surface area contributed by atoms with Gasteiger partial charge in [0.05, 0.1) is 11.9 Å². The highest BCUT2D eigenvalue weighted by molar-refractivity contribution is 5.84. The molecule has 2 rings (SSSR count). The summed E-state index contributed by atoms with van der Waals surface area (Å²) in [5, 5.41) is 6.70. The van der Waals surface area contributed by atoms with Crippen molar-refractivity contribution in [2.45, 2.75) is 52.2 Å². The lowest BCUT2D eigenvalue weighted by atomic mass is 10.1. The number of rotatable bonds is 8. The molecule has 1 aromatic carbocycles. The number of aromatic nitrogens is 2. The van der Waals surface area contributed by atoms with Crippen molar-refractivity contribution in [2.75, 3.05) is 5.32 Å². The van der Waals surface area contributed by atoms with Crippen LogP contribution in [-0.2, 0) is 17.9 Å². The van der Waals surface area contributed by atoms with Crippen LogP contribution in [0.15, 0.2) is 36.7 Å². The van der Waals surface area contributed by atoms with Gasteiger partial charge in [-0.05, 0) is 37.8 Å². The molecule has 7 heteroatoms. The van der Waals surface area contributed by atoms with E-state index in [0.717, 1.165) is 18.1 Å². The highest BCUT2D eigenvalue weighted by Gasteiger charge is 2.19. The largest absolute Gasteiger partial charge is 0.444 e. The molecule has 2 aromatic rings. The fourth-order valence-corrected chi connectivity index (χ4v) is 2.33. The number of nitrogens with one attached hydrogen (secondary N) is 1. The van der Waals surface area contributed by atoms with Gasteiger partial charge in [0.25, 0.3) is 0 Å². The first-order valence-corrected chi connectivity index (χ1v) is 8.22. The van der Waals surface area contributed by atoms with Gasteiger partial charge >= 0.3 is 6.09 Å². The second kappa shape index (κ2) is 8.60. The van der Waals surface area contributed by atoms with Crippen LogP contribution < -0.4 is 5.32 Å². The Hall–Kier alpha value is -2.44. The lowest BCUT2D eigenvalue weighted by Gasteiger charge is -2.09. The molecule has 1 heterocycles. The molecule has 0 aliphatic carbocycles. The van der Waals surface area contributed by atoms with Gasteiger partial charge in [-0.15, -0.1) is 0 Å². The van der Waals surface area contributed by atoms with Crippen LogP contribution in [0.4, 0.5) is 19.3 Å². The van der Waals surface area contributed by atoms with Gasteiger partial charge < -0.3 is 4.74 Å². The lowest BCUT2D eigenvalue weighted by Crippen LogP contribution is -2.13. The number of anilines is 1. The number of benzene rings is 1. The van der Waals surface area contributed by atoms with Crippen molar-refractivity contribution in [1.82, 2.24) is 9.78 Å². The number of amides is 1. The predicted molar refractivity (Wildman–Crippen MR) is 91.7 cm³/mol. The quantitative estimate of drug-likeness (QED) is 0.697. The van der Waals surface area contributed by atoms with Gasteiger partial charge in [-0.1, -0.05) is 24.3 Å². The zero-order valence-electron chi connectivity index (χ0n) is 14.5. The first-order chi connectivity index (χ1) is 11.8. The number of hydrogen-bond acceptors (Lipinski definition) is 3. The minimum atomic E-state index is -2.63. The first-order valence-electron chi connectivity index (χ1n) is 8.22. The van der Waals surface area contributed by atoms with Crippen molar-refractivity contribution < 1.29 is 18.3 Å². The summed E-state index contributed by atoms with van der Waals surface area (Å²) in [5.41, 5.74) is 2.51. The van der Waals surface area contributed by atoms with Gasteiger partial charge in [0.1, 0.15) is 6.61 Å². The van der Waals surface area contributed by atoms with Crippen molar-refractivity contribution in [3.8, 4) is 0 Å². The van der Waals surface area contributed by atoms with Gasteiger partial charge in [-0.25, -0.2) is 13.6 Å². The summed E-state index contributed by atoms with van der Waals surface area (Å²) in [6.45, 7) is 3.59. The fourth-order valence-electron chi connectivity index (χ4n) is 2.33. The minimum absolute atomic E-state index is 0.134. The maximum Gasteiger partial charge on any atom is 0.412 e. The average Bonchev–Trinajstić information content (AvgIpc) is 2.97. The monoisotopic (exact) mass is 351 g/mol. The van der Waals surface area contributed by atoms with E-state index in [2.05, 4.69) is 10.4 Å². The number of alkyl halides is 2. The molecule has 0 bridgehead atoms. The van der Waals surface area contributed by atoms with E-state index in [1.54, 1.807) is 10.9 Å². The molecule has 0 aliphatic rings. The third-order valence-corrected chi connectivity index (χ3v) is 3.75. The highest BCUT2D eigenvalue weighted by atomic mass is 19.3. The molecule has 0 saturated heterocycles. The molecule has 0 radical (unpaired) electrons. The second-order valence-electron chi connectivity index (χ2n) is 6.15. The number of unbranched alkanes of at least 4 members (excludes halogenated alkanes) is 1. The topological polar surface area (TPSA) is 56.1 Å². The van der Waals surface area contributed by atoms with Crippen LogP contribution in [0.2, 0.25) is 0 Å². The maximum atomic E-state index is 12.7. The number of carbonyl (C=O) groups is 1. The number of ether oxygens (including phenoxy) is 1. The Labute approximate surface area is 146 Å². The normalized spacial score (nSPS) is 11.4. The molecule has 0 saturated carbocycles. The first kappa shape index (κ1) is 18.9. The molecule has 25 heavy (non-hydrogen) atoms. The zero-order valence-corrected chi connectivity index (χ0v) is 14.5. The van der Waals surface area contributed by atoms with Gasteiger partial charge in [0, 0.05) is 19.2 Å². The van der Waals surface area contributed by atoms with E-state index < -0.39 is 12.0 Å². The smallest absolute Gasteiger partial charge is 0.412 e. The Morgan fingerprint density at radius 2 is 2.08 bits per heavy atom. The molecule has 0 aliphatic heterocycles. The van der Waals surface area contributed by atoms with E-state index in [0.29, 0.717) is 25.1 Å². The molecule has 1 aromatic heterocycles. The molecule has 0 spiro atoms. The van der Waals surface area contributed by atoms with Crippen molar-refractivity contribution in [2.24, 2.45) is 0 Å². The highest BCUT2D eigenvalue weighted by Crippen LogP contribution is 2.20. The van der Waals surface area contributed by atoms with Crippen LogP contribution in [0, 0.1) is 6.92 Å². The molecule has 0 fully saturated rings. The fraction of sp³-hybridized carbons (Fsp3) is 0.444. The van der Waals surface area contributed by atoms with Gasteiger partial charge in [0.2, 0.25) is 5.92 Å². The molecule has 1 amide bonds. The molecule has 0 atom stereocenters. The van der Waals surface area contributed by atoms with Crippen LogP contribution in [0.3, 0.4) is 0 Å². The third-order valence-electron chi connectivity index (χ3n) is 3.75. The van der Waals surface area contributed by atoms with Crippen molar-refractivity contribution in [1.29, 1.82) is 0 Å².